The van der Waals surface area contributed by atoms with E-state index in [1.807, 2.05) is 6.07 Å². The molecule has 35 heavy (non-hydrogen) atoms. The van der Waals surface area contributed by atoms with Gasteiger partial charge in [0.25, 0.3) is 0 Å². The molecule has 0 spiro atoms. The Bertz CT molecular complexity index is 1570. The van der Waals surface area contributed by atoms with Crippen LogP contribution >= 0.6 is 11.6 Å². The molecule has 0 amide bonds. The van der Waals surface area contributed by atoms with Crippen molar-refractivity contribution in [3.8, 4) is 11.3 Å². The van der Waals surface area contributed by atoms with Crippen LogP contribution in [0.4, 0.5) is 21.7 Å². The average molecular weight is 508 g/mol. The maximum Gasteiger partial charge on any atom is 0.229 e. The number of hydrogen-bond donors (Lipinski definition) is 2. The minimum Gasteiger partial charge on any atom is -0.324 e. The van der Waals surface area contributed by atoms with Crippen molar-refractivity contribution in [2.75, 3.05) is 16.3 Å². The van der Waals surface area contributed by atoms with Gasteiger partial charge >= 0.3 is 0 Å². The molecule has 0 fully saturated rings. The maximum absolute atomic E-state index is 14.7. The summed E-state index contributed by atoms with van der Waals surface area (Å²) in [6, 6.07) is 18.6. The first kappa shape index (κ1) is 22.9. The minimum atomic E-state index is -3.36. The molecule has 0 bridgehead atoms. The van der Waals surface area contributed by atoms with Gasteiger partial charge in [0.05, 0.1) is 24.2 Å². The first-order valence-electron chi connectivity index (χ1n) is 10.6. The zero-order valence-corrected chi connectivity index (χ0v) is 20.0. The summed E-state index contributed by atoms with van der Waals surface area (Å²) < 4.78 is 39.9. The second-order valence-electron chi connectivity index (χ2n) is 7.98. The second-order valence-corrected chi connectivity index (χ2v) is 10.2. The Balaban J connectivity index is 1.52. The summed E-state index contributed by atoms with van der Waals surface area (Å²) in [4.78, 5) is 13.8. The van der Waals surface area contributed by atoms with E-state index in [9.17, 15) is 12.8 Å². The number of aromatic nitrogens is 2. The van der Waals surface area contributed by atoms with Crippen LogP contribution in [-0.4, -0.2) is 30.4 Å². The van der Waals surface area contributed by atoms with Crippen molar-refractivity contribution in [1.29, 1.82) is 0 Å². The van der Waals surface area contributed by atoms with Crippen molar-refractivity contribution >= 4 is 44.7 Å². The number of nitrogens with one attached hydrogen (secondary N) is 2. The van der Waals surface area contributed by atoms with E-state index in [0.717, 1.165) is 17.4 Å². The lowest BCUT2D eigenvalue weighted by atomic mass is 9.95. The van der Waals surface area contributed by atoms with Gasteiger partial charge in [-0.3, -0.25) is 9.71 Å². The van der Waals surface area contributed by atoms with Gasteiger partial charge in [-0.05, 0) is 48.5 Å². The number of aliphatic imine (C=N–C) groups is 1. The molecule has 0 atom stereocenters. The van der Waals surface area contributed by atoms with Crippen LogP contribution in [-0.2, 0) is 16.6 Å². The van der Waals surface area contributed by atoms with Crippen molar-refractivity contribution in [2.24, 2.45) is 4.99 Å². The van der Waals surface area contributed by atoms with E-state index >= 15 is 0 Å². The molecule has 0 saturated carbocycles. The maximum atomic E-state index is 14.7. The minimum absolute atomic E-state index is 0.275. The highest BCUT2D eigenvalue weighted by molar-refractivity contribution is 7.92. The lowest BCUT2D eigenvalue weighted by molar-refractivity contribution is 0.607. The summed E-state index contributed by atoms with van der Waals surface area (Å²) in [6.45, 7) is 0.275. The molecule has 176 valence electrons. The van der Waals surface area contributed by atoms with Crippen molar-refractivity contribution in [1.82, 2.24) is 9.97 Å². The summed E-state index contributed by atoms with van der Waals surface area (Å²) in [7, 11) is -3.36. The molecule has 7 nitrogen and oxygen atoms in total. The third-order valence-corrected chi connectivity index (χ3v) is 6.18. The van der Waals surface area contributed by atoms with E-state index in [-0.39, 0.29) is 12.4 Å². The molecule has 0 aliphatic carbocycles. The number of rotatable bonds is 5. The van der Waals surface area contributed by atoms with E-state index in [1.165, 1.54) is 6.07 Å². The van der Waals surface area contributed by atoms with Crippen LogP contribution in [0.15, 0.2) is 77.9 Å². The standard InChI is InChI=1S/C25H19ClFN5O2S/c1-35(33,34)32-18-9-7-17(8-10-18)30-25-29-14-15-13-28-24(20-4-2-3-5-22(20)27)21-12-16(26)6-11-19(21)23(15)31-25/h2-12,14,32H,13H2,1H3,(H,29,30,31). The molecular formula is C25H19ClFN5O2S. The quantitative estimate of drug-likeness (QED) is 0.377. The normalized spacial score (nSPS) is 12.7. The fourth-order valence-corrected chi connectivity index (χ4v) is 4.57. The monoisotopic (exact) mass is 507 g/mol. The van der Waals surface area contributed by atoms with E-state index < -0.39 is 10.0 Å². The molecule has 10 heteroatoms. The average Bonchev–Trinajstić information content (AvgIpc) is 2.96. The number of fused-ring (bicyclic) bond motifs is 3. The fraction of sp³-hybridized carbons (Fsp3) is 0.0800. The zero-order valence-electron chi connectivity index (χ0n) is 18.5. The first-order valence-corrected chi connectivity index (χ1v) is 12.8. The molecule has 2 N–H and O–H groups in total. The summed E-state index contributed by atoms with van der Waals surface area (Å²) in [5, 5.41) is 3.64. The van der Waals surface area contributed by atoms with Gasteiger partial charge in [0, 0.05) is 44.8 Å². The number of hydrogen-bond acceptors (Lipinski definition) is 6. The zero-order chi connectivity index (χ0) is 24.6. The van der Waals surface area contributed by atoms with E-state index in [2.05, 4.69) is 15.0 Å². The molecule has 0 saturated heterocycles. The Labute approximate surface area is 206 Å². The number of nitrogens with zero attached hydrogens (tertiary/aromatic N) is 3. The van der Waals surface area contributed by atoms with Crippen LogP contribution in [0.5, 0.6) is 0 Å². The molecule has 5 rings (SSSR count). The second kappa shape index (κ2) is 9.09. The molecule has 3 aromatic carbocycles. The van der Waals surface area contributed by atoms with Crippen LogP contribution < -0.4 is 10.0 Å². The topological polar surface area (TPSA) is 96.3 Å². The van der Waals surface area contributed by atoms with Crippen molar-refractivity contribution < 1.29 is 12.8 Å². The van der Waals surface area contributed by atoms with Crippen LogP contribution in [0, 0.1) is 5.82 Å². The number of benzene rings is 3. The smallest absolute Gasteiger partial charge is 0.229 e. The highest BCUT2D eigenvalue weighted by Crippen LogP contribution is 2.34. The van der Waals surface area contributed by atoms with Crippen LogP contribution in [0.25, 0.3) is 11.3 Å². The molecular weight excluding hydrogens is 489 g/mol. The highest BCUT2D eigenvalue weighted by Gasteiger charge is 2.23. The molecule has 1 aliphatic heterocycles. The van der Waals surface area contributed by atoms with Crippen LogP contribution in [0.3, 0.4) is 0 Å². The van der Waals surface area contributed by atoms with Crippen LogP contribution in [0.1, 0.15) is 16.7 Å². The molecule has 4 aromatic rings. The predicted molar refractivity (Wildman–Crippen MR) is 136 cm³/mol. The largest absolute Gasteiger partial charge is 0.324 e. The van der Waals surface area contributed by atoms with Gasteiger partial charge in [0.15, 0.2) is 0 Å². The predicted octanol–water partition coefficient (Wildman–Crippen LogP) is 5.40. The lowest BCUT2D eigenvalue weighted by Crippen LogP contribution is -2.09. The number of sulfonamides is 1. The van der Waals surface area contributed by atoms with Gasteiger partial charge in [-0.15, -0.1) is 0 Å². The van der Waals surface area contributed by atoms with E-state index in [1.54, 1.807) is 60.8 Å². The summed E-state index contributed by atoms with van der Waals surface area (Å²) >= 11 is 6.30. The van der Waals surface area contributed by atoms with E-state index in [0.29, 0.717) is 44.9 Å². The SMILES string of the molecule is CS(=O)(=O)Nc1ccc(Nc2ncc3c(n2)-c2ccc(Cl)cc2C(c2ccccc2F)=NC3)cc1. The molecule has 2 heterocycles. The van der Waals surface area contributed by atoms with Crippen molar-refractivity contribution in [2.45, 2.75) is 6.54 Å². The Kier molecular flexibility index (Phi) is 5.96. The van der Waals surface area contributed by atoms with E-state index in [4.69, 9.17) is 21.6 Å². The van der Waals surface area contributed by atoms with Gasteiger partial charge in [0.1, 0.15) is 5.82 Å². The summed E-state index contributed by atoms with van der Waals surface area (Å²) in [5.74, 6) is -0.0202. The van der Waals surface area contributed by atoms with Crippen LogP contribution in [0.2, 0.25) is 5.02 Å². The van der Waals surface area contributed by atoms with Gasteiger partial charge in [-0.25, -0.2) is 22.8 Å². The third kappa shape index (κ3) is 5.01. The Hall–Kier alpha value is -3.82. The van der Waals surface area contributed by atoms with Crippen molar-refractivity contribution in [3.05, 3.63) is 100 Å². The highest BCUT2D eigenvalue weighted by atomic mass is 35.5. The molecule has 1 aromatic heterocycles. The Morgan fingerprint density at radius 3 is 2.43 bits per heavy atom. The molecule has 0 unspecified atom stereocenters. The first-order chi connectivity index (χ1) is 16.8. The van der Waals surface area contributed by atoms with Gasteiger partial charge in [0.2, 0.25) is 16.0 Å². The van der Waals surface area contributed by atoms with Gasteiger partial charge in [-0.2, -0.15) is 0 Å². The third-order valence-electron chi connectivity index (χ3n) is 5.34. The molecule has 1 aliphatic rings. The van der Waals surface area contributed by atoms with Crippen molar-refractivity contribution in [3.63, 3.8) is 0 Å². The summed E-state index contributed by atoms with van der Waals surface area (Å²) in [5.41, 5.74) is 4.92. The lowest BCUT2D eigenvalue weighted by Gasteiger charge is -2.13. The summed E-state index contributed by atoms with van der Waals surface area (Å²) in [6.07, 6.45) is 2.78. The number of anilines is 3. The fourth-order valence-electron chi connectivity index (χ4n) is 3.83. The Morgan fingerprint density at radius 1 is 0.943 bits per heavy atom. The van der Waals surface area contributed by atoms with Gasteiger partial charge in [-0.1, -0.05) is 29.8 Å². The van der Waals surface area contributed by atoms with Gasteiger partial charge < -0.3 is 5.32 Å². The molecule has 0 radical (unpaired) electrons. The Morgan fingerprint density at radius 2 is 1.69 bits per heavy atom. The number of halogens is 2.